The second-order valence-corrected chi connectivity index (χ2v) is 4.54. The fourth-order valence-electron chi connectivity index (χ4n) is 2.45. The second kappa shape index (κ2) is 5.52. The summed E-state index contributed by atoms with van der Waals surface area (Å²) in [6, 6.07) is 2.51. The number of carbonyl (C=O) groups is 1. The molecule has 4 nitrogen and oxygen atoms in total. The van der Waals surface area contributed by atoms with Crippen LogP contribution in [0.4, 0.5) is 14.5 Å². The zero-order chi connectivity index (χ0) is 14.0. The quantitative estimate of drug-likeness (QED) is 0.865. The number of amides is 1. The molecule has 1 aliphatic rings. The highest BCUT2D eigenvalue weighted by molar-refractivity contribution is 5.85. The molecule has 1 unspecified atom stereocenters. The number of halogens is 2. The minimum atomic E-state index is -0.932. The number of nitrogens with two attached hydrogens (primary N) is 1. The van der Waals surface area contributed by atoms with E-state index in [9.17, 15) is 13.6 Å². The molecule has 19 heavy (non-hydrogen) atoms. The molecule has 3 N–H and O–H groups in total. The van der Waals surface area contributed by atoms with E-state index in [1.54, 1.807) is 4.90 Å². The highest BCUT2D eigenvalue weighted by Crippen LogP contribution is 2.30. The van der Waals surface area contributed by atoms with Gasteiger partial charge in [-0.2, -0.15) is 0 Å². The van der Waals surface area contributed by atoms with E-state index in [1.165, 1.54) is 19.2 Å². The van der Waals surface area contributed by atoms with E-state index in [0.717, 1.165) is 6.42 Å². The number of hydrogen-bond acceptors (Lipinski definition) is 3. The molecule has 0 aliphatic carbocycles. The molecule has 1 heterocycles. The van der Waals surface area contributed by atoms with Crippen LogP contribution in [0.1, 0.15) is 18.4 Å². The van der Waals surface area contributed by atoms with Gasteiger partial charge in [0, 0.05) is 25.7 Å². The third kappa shape index (κ3) is 2.40. The molecule has 1 atom stereocenters. The Morgan fingerprint density at radius 2 is 2.21 bits per heavy atom. The van der Waals surface area contributed by atoms with Gasteiger partial charge in [0.2, 0.25) is 5.91 Å². The van der Waals surface area contributed by atoms with Crippen LogP contribution in [-0.4, -0.2) is 25.5 Å². The summed E-state index contributed by atoms with van der Waals surface area (Å²) < 4.78 is 27.8. The van der Waals surface area contributed by atoms with Crippen molar-refractivity contribution in [2.75, 3.05) is 18.5 Å². The number of nitrogens with one attached hydrogen (secondary N) is 1. The summed E-state index contributed by atoms with van der Waals surface area (Å²) in [5.74, 6) is -2.04. The Labute approximate surface area is 110 Å². The van der Waals surface area contributed by atoms with Crippen molar-refractivity contribution in [3.8, 4) is 0 Å². The van der Waals surface area contributed by atoms with Gasteiger partial charge in [0.15, 0.2) is 11.6 Å². The monoisotopic (exact) mass is 269 g/mol. The van der Waals surface area contributed by atoms with Crippen LogP contribution in [0.3, 0.4) is 0 Å². The topological polar surface area (TPSA) is 58.4 Å². The summed E-state index contributed by atoms with van der Waals surface area (Å²) in [5.41, 5.74) is 5.60. The molecular formula is C13H17F2N3O. The van der Waals surface area contributed by atoms with Gasteiger partial charge in [-0.25, -0.2) is 8.78 Å². The standard InChI is InChI=1S/C13H17F2N3O/c1-17-13(19)10-3-2-6-18(10)9-5-4-8(7-16)11(14)12(9)15/h4-5,10H,2-3,6-7,16H2,1H3,(H,17,19). The van der Waals surface area contributed by atoms with Crippen molar-refractivity contribution in [2.45, 2.75) is 25.4 Å². The van der Waals surface area contributed by atoms with Gasteiger partial charge in [0.05, 0.1) is 5.69 Å². The lowest BCUT2D eigenvalue weighted by Gasteiger charge is -2.26. The first-order valence-electron chi connectivity index (χ1n) is 6.25. The average Bonchev–Trinajstić information content (AvgIpc) is 2.90. The minimum absolute atomic E-state index is 0.0537. The summed E-state index contributed by atoms with van der Waals surface area (Å²) in [4.78, 5) is 13.3. The fraction of sp³-hybridized carbons (Fsp3) is 0.462. The molecule has 104 valence electrons. The van der Waals surface area contributed by atoms with E-state index in [0.29, 0.717) is 13.0 Å². The number of anilines is 1. The van der Waals surface area contributed by atoms with Crippen LogP contribution in [0.2, 0.25) is 0 Å². The Kier molecular flexibility index (Phi) is 3.99. The first kappa shape index (κ1) is 13.7. The number of hydrogen-bond donors (Lipinski definition) is 2. The number of benzene rings is 1. The third-order valence-electron chi connectivity index (χ3n) is 3.47. The van der Waals surface area contributed by atoms with Crippen LogP contribution >= 0.6 is 0 Å². The van der Waals surface area contributed by atoms with Crippen LogP contribution in [0.5, 0.6) is 0 Å². The molecule has 6 heteroatoms. The van der Waals surface area contributed by atoms with Crippen molar-refractivity contribution in [1.29, 1.82) is 0 Å². The molecule has 0 spiro atoms. The van der Waals surface area contributed by atoms with Crippen LogP contribution in [-0.2, 0) is 11.3 Å². The van der Waals surface area contributed by atoms with Gasteiger partial charge >= 0.3 is 0 Å². The number of rotatable bonds is 3. The van der Waals surface area contributed by atoms with Crippen LogP contribution in [0.25, 0.3) is 0 Å². The second-order valence-electron chi connectivity index (χ2n) is 4.54. The molecule has 1 aliphatic heterocycles. The van der Waals surface area contributed by atoms with Gasteiger partial charge in [-0.1, -0.05) is 6.07 Å². The molecule has 0 saturated carbocycles. The first-order chi connectivity index (χ1) is 9.10. The van der Waals surface area contributed by atoms with Crippen LogP contribution in [0, 0.1) is 11.6 Å². The van der Waals surface area contributed by atoms with Gasteiger partial charge in [0.25, 0.3) is 0 Å². The Balaban J connectivity index is 2.36. The van der Waals surface area contributed by atoms with Gasteiger partial charge in [-0.05, 0) is 18.9 Å². The van der Waals surface area contributed by atoms with Crippen LogP contribution < -0.4 is 16.0 Å². The summed E-state index contributed by atoms with van der Waals surface area (Å²) in [7, 11) is 1.54. The molecule has 0 bridgehead atoms. The zero-order valence-corrected chi connectivity index (χ0v) is 10.7. The van der Waals surface area contributed by atoms with Crippen molar-refractivity contribution in [2.24, 2.45) is 5.73 Å². The Morgan fingerprint density at radius 3 is 2.84 bits per heavy atom. The Hall–Kier alpha value is -1.69. The smallest absolute Gasteiger partial charge is 0.242 e. The normalized spacial score (nSPS) is 18.7. The number of carbonyl (C=O) groups excluding carboxylic acids is 1. The lowest BCUT2D eigenvalue weighted by Crippen LogP contribution is -2.42. The predicted molar refractivity (Wildman–Crippen MR) is 68.7 cm³/mol. The van der Waals surface area contributed by atoms with E-state index in [-0.39, 0.29) is 23.7 Å². The number of nitrogens with zero attached hydrogens (tertiary/aromatic N) is 1. The largest absolute Gasteiger partial charge is 0.357 e. The molecule has 1 aromatic carbocycles. The van der Waals surface area contributed by atoms with E-state index in [2.05, 4.69) is 5.32 Å². The van der Waals surface area contributed by atoms with E-state index >= 15 is 0 Å². The highest BCUT2D eigenvalue weighted by Gasteiger charge is 2.32. The maximum absolute atomic E-state index is 14.0. The van der Waals surface area contributed by atoms with Gasteiger partial charge in [-0.3, -0.25) is 4.79 Å². The van der Waals surface area contributed by atoms with Gasteiger partial charge in [-0.15, -0.1) is 0 Å². The summed E-state index contributed by atoms with van der Waals surface area (Å²) in [5, 5.41) is 2.55. The first-order valence-corrected chi connectivity index (χ1v) is 6.25. The van der Waals surface area contributed by atoms with Crippen molar-refractivity contribution in [1.82, 2.24) is 5.32 Å². The lowest BCUT2D eigenvalue weighted by atomic mass is 10.1. The molecule has 0 aromatic heterocycles. The van der Waals surface area contributed by atoms with E-state index in [1.807, 2.05) is 0 Å². The third-order valence-corrected chi connectivity index (χ3v) is 3.47. The zero-order valence-electron chi connectivity index (χ0n) is 10.7. The van der Waals surface area contributed by atoms with Crippen molar-refractivity contribution < 1.29 is 13.6 Å². The molecule has 1 amide bonds. The average molecular weight is 269 g/mol. The maximum Gasteiger partial charge on any atom is 0.242 e. The molecule has 1 aromatic rings. The van der Waals surface area contributed by atoms with Crippen molar-refractivity contribution >= 4 is 11.6 Å². The Bertz CT molecular complexity index is 493. The van der Waals surface area contributed by atoms with Crippen molar-refractivity contribution in [3.05, 3.63) is 29.3 Å². The molecule has 1 saturated heterocycles. The number of likely N-dealkylation sites (N-methyl/N-ethyl adjacent to an activating group) is 1. The van der Waals surface area contributed by atoms with Crippen LogP contribution in [0.15, 0.2) is 12.1 Å². The SMILES string of the molecule is CNC(=O)C1CCCN1c1ccc(CN)c(F)c1F. The fourth-order valence-corrected chi connectivity index (χ4v) is 2.45. The molecule has 2 rings (SSSR count). The molecule has 1 fully saturated rings. The summed E-state index contributed by atoms with van der Waals surface area (Å²) >= 11 is 0. The maximum atomic E-state index is 14.0. The highest BCUT2D eigenvalue weighted by atomic mass is 19.2. The molecular weight excluding hydrogens is 252 g/mol. The Morgan fingerprint density at radius 1 is 1.47 bits per heavy atom. The van der Waals surface area contributed by atoms with Crippen molar-refractivity contribution in [3.63, 3.8) is 0 Å². The van der Waals surface area contributed by atoms with Gasteiger partial charge in [0.1, 0.15) is 6.04 Å². The predicted octanol–water partition coefficient (Wildman–Crippen LogP) is 1.14. The summed E-state index contributed by atoms with van der Waals surface area (Å²) in [6.45, 7) is 0.484. The lowest BCUT2D eigenvalue weighted by molar-refractivity contribution is -0.121. The van der Waals surface area contributed by atoms with E-state index < -0.39 is 17.7 Å². The van der Waals surface area contributed by atoms with E-state index in [4.69, 9.17) is 5.73 Å². The summed E-state index contributed by atoms with van der Waals surface area (Å²) in [6.07, 6.45) is 1.41. The van der Waals surface area contributed by atoms with Gasteiger partial charge < -0.3 is 16.0 Å². The molecule has 0 radical (unpaired) electrons. The minimum Gasteiger partial charge on any atom is -0.357 e.